The molecule has 1 aromatic carbocycles. The largest absolute Gasteiger partial charge is 0.467 e. The fourth-order valence-electron chi connectivity index (χ4n) is 2.98. The summed E-state index contributed by atoms with van der Waals surface area (Å²) in [5.74, 6) is -2.85. The van der Waals surface area contributed by atoms with Crippen molar-refractivity contribution in [2.75, 3.05) is 14.2 Å². The lowest BCUT2D eigenvalue weighted by atomic mass is 10.0. The number of hydrogen-bond acceptors (Lipinski definition) is 7. The molecular weight excluding hydrogens is 406 g/mol. The number of benzene rings is 1. The molecule has 3 N–H and O–H groups in total. The van der Waals surface area contributed by atoms with Crippen molar-refractivity contribution < 1.29 is 33.4 Å². The SMILES string of the molecule is COC(=O)/C=C/C[C@@H](NC(=O)C[C@@H]1NC(=O)[C@H](Cc2ccccc2)NC1=O)C(=O)OC. The van der Waals surface area contributed by atoms with Crippen LogP contribution in [0.3, 0.4) is 0 Å². The monoisotopic (exact) mass is 431 g/mol. The lowest BCUT2D eigenvalue weighted by Crippen LogP contribution is -2.63. The van der Waals surface area contributed by atoms with Gasteiger partial charge < -0.3 is 25.4 Å². The van der Waals surface area contributed by atoms with E-state index in [-0.39, 0.29) is 12.8 Å². The van der Waals surface area contributed by atoms with Gasteiger partial charge in [-0.25, -0.2) is 9.59 Å². The molecule has 0 unspecified atom stereocenters. The van der Waals surface area contributed by atoms with Crippen LogP contribution in [0, 0.1) is 0 Å². The van der Waals surface area contributed by atoms with Crippen LogP contribution in [0.15, 0.2) is 42.5 Å². The number of hydrogen-bond donors (Lipinski definition) is 3. The molecule has 1 saturated heterocycles. The average molecular weight is 431 g/mol. The Morgan fingerprint density at radius 1 is 1.03 bits per heavy atom. The van der Waals surface area contributed by atoms with Crippen LogP contribution in [0.25, 0.3) is 0 Å². The van der Waals surface area contributed by atoms with Crippen molar-refractivity contribution in [3.8, 4) is 0 Å². The Balaban J connectivity index is 1.92. The van der Waals surface area contributed by atoms with Crippen LogP contribution >= 0.6 is 0 Å². The van der Waals surface area contributed by atoms with E-state index in [2.05, 4.69) is 25.4 Å². The lowest BCUT2D eigenvalue weighted by molar-refractivity contribution is -0.145. The number of nitrogens with one attached hydrogen (secondary N) is 3. The summed E-state index contributed by atoms with van der Waals surface area (Å²) in [5, 5.41) is 7.62. The smallest absolute Gasteiger partial charge is 0.330 e. The standard InChI is InChI=1S/C21H25N3O7/c1-30-18(26)10-6-9-14(21(29)31-2)22-17(25)12-16-20(28)23-15(19(27)24-16)11-13-7-4-3-5-8-13/h3-8,10,14-16H,9,11-12H2,1-2H3,(H,22,25)(H,23,28)(H,24,27)/b10-6+/t14-,15+,16+/m1/s1. The van der Waals surface area contributed by atoms with Crippen molar-refractivity contribution in [2.24, 2.45) is 0 Å². The maximum absolute atomic E-state index is 12.4. The van der Waals surface area contributed by atoms with E-state index >= 15 is 0 Å². The minimum absolute atomic E-state index is 0.0180. The Morgan fingerprint density at radius 2 is 1.68 bits per heavy atom. The first-order chi connectivity index (χ1) is 14.8. The van der Waals surface area contributed by atoms with Crippen LogP contribution in [-0.4, -0.2) is 62.0 Å². The molecule has 1 aromatic rings. The highest BCUT2D eigenvalue weighted by Crippen LogP contribution is 2.09. The van der Waals surface area contributed by atoms with E-state index in [0.717, 1.165) is 18.7 Å². The van der Waals surface area contributed by atoms with Crippen molar-refractivity contribution >= 4 is 29.7 Å². The van der Waals surface area contributed by atoms with Crippen molar-refractivity contribution in [3.63, 3.8) is 0 Å². The van der Waals surface area contributed by atoms with Gasteiger partial charge in [0.05, 0.1) is 20.6 Å². The number of ether oxygens (including phenoxy) is 2. The second-order valence-electron chi connectivity index (χ2n) is 6.82. The Hall–Kier alpha value is -3.69. The van der Waals surface area contributed by atoms with E-state index < -0.39 is 47.8 Å². The van der Waals surface area contributed by atoms with E-state index in [1.807, 2.05) is 30.3 Å². The van der Waals surface area contributed by atoms with Crippen LogP contribution in [0.1, 0.15) is 18.4 Å². The summed E-state index contributed by atoms with van der Waals surface area (Å²) in [4.78, 5) is 60.1. The zero-order valence-electron chi connectivity index (χ0n) is 17.3. The highest BCUT2D eigenvalue weighted by atomic mass is 16.5. The van der Waals surface area contributed by atoms with Crippen LogP contribution < -0.4 is 16.0 Å². The fraction of sp³-hybridized carbons (Fsp3) is 0.381. The van der Waals surface area contributed by atoms with Crippen molar-refractivity contribution in [1.82, 2.24) is 16.0 Å². The van der Waals surface area contributed by atoms with Gasteiger partial charge in [0.2, 0.25) is 17.7 Å². The number of esters is 2. The Bertz CT molecular complexity index is 854. The summed E-state index contributed by atoms with van der Waals surface area (Å²) in [7, 11) is 2.37. The van der Waals surface area contributed by atoms with Crippen LogP contribution in [0.5, 0.6) is 0 Å². The number of carbonyl (C=O) groups is 5. The lowest BCUT2D eigenvalue weighted by Gasteiger charge is -2.29. The third kappa shape index (κ3) is 7.25. The van der Waals surface area contributed by atoms with Crippen LogP contribution in [0.4, 0.5) is 0 Å². The molecule has 0 bridgehead atoms. The van der Waals surface area contributed by atoms with Gasteiger partial charge in [-0.2, -0.15) is 0 Å². The molecule has 0 radical (unpaired) electrons. The number of carbonyl (C=O) groups excluding carboxylic acids is 5. The van der Waals surface area contributed by atoms with Crippen LogP contribution in [0.2, 0.25) is 0 Å². The molecule has 3 atom stereocenters. The molecule has 0 aliphatic carbocycles. The predicted octanol–water partition coefficient (Wildman–Crippen LogP) is -0.620. The third-order valence-electron chi connectivity index (χ3n) is 4.59. The van der Waals surface area contributed by atoms with Gasteiger partial charge >= 0.3 is 11.9 Å². The minimum atomic E-state index is -1.07. The van der Waals surface area contributed by atoms with Crippen molar-refractivity contribution in [3.05, 3.63) is 48.0 Å². The number of methoxy groups -OCH3 is 2. The summed E-state index contributed by atoms with van der Waals surface area (Å²) in [6.07, 6.45) is 2.43. The first-order valence-corrected chi connectivity index (χ1v) is 9.60. The minimum Gasteiger partial charge on any atom is -0.467 e. The second kappa shape index (κ2) is 11.5. The predicted molar refractivity (Wildman–Crippen MR) is 108 cm³/mol. The summed E-state index contributed by atoms with van der Waals surface area (Å²) in [6, 6.07) is 6.35. The van der Waals surface area contributed by atoms with E-state index in [1.54, 1.807) is 0 Å². The number of piperazine rings is 1. The van der Waals surface area contributed by atoms with Gasteiger partial charge in [-0.15, -0.1) is 0 Å². The Morgan fingerprint density at radius 3 is 2.32 bits per heavy atom. The quantitative estimate of drug-likeness (QED) is 0.350. The maximum atomic E-state index is 12.4. The van der Waals surface area contributed by atoms with Gasteiger partial charge in [-0.1, -0.05) is 36.4 Å². The van der Waals surface area contributed by atoms with E-state index in [0.29, 0.717) is 6.42 Å². The number of amides is 3. The molecule has 31 heavy (non-hydrogen) atoms. The molecule has 10 heteroatoms. The topological polar surface area (TPSA) is 140 Å². The molecule has 166 valence electrons. The molecule has 1 fully saturated rings. The van der Waals surface area contributed by atoms with E-state index in [4.69, 9.17) is 0 Å². The second-order valence-corrected chi connectivity index (χ2v) is 6.82. The van der Waals surface area contributed by atoms with Gasteiger partial charge in [0.1, 0.15) is 18.1 Å². The maximum Gasteiger partial charge on any atom is 0.330 e. The number of rotatable bonds is 9. The molecule has 2 rings (SSSR count). The fourth-order valence-corrected chi connectivity index (χ4v) is 2.98. The summed E-state index contributed by atoms with van der Waals surface area (Å²) in [6.45, 7) is 0. The molecule has 1 heterocycles. The summed E-state index contributed by atoms with van der Waals surface area (Å²) >= 11 is 0. The summed E-state index contributed by atoms with van der Waals surface area (Å²) in [5.41, 5.74) is 0.889. The molecule has 0 aromatic heterocycles. The zero-order chi connectivity index (χ0) is 22.8. The Labute approximate surface area is 179 Å². The highest BCUT2D eigenvalue weighted by molar-refractivity contribution is 5.99. The van der Waals surface area contributed by atoms with E-state index in [9.17, 15) is 24.0 Å². The molecule has 1 aliphatic rings. The van der Waals surface area contributed by atoms with Crippen LogP contribution in [-0.2, 0) is 39.9 Å². The van der Waals surface area contributed by atoms with Crippen molar-refractivity contribution in [1.29, 1.82) is 0 Å². The van der Waals surface area contributed by atoms with Crippen molar-refractivity contribution in [2.45, 2.75) is 37.4 Å². The van der Waals surface area contributed by atoms with Gasteiger partial charge in [-0.05, 0) is 12.0 Å². The Kier molecular flexibility index (Phi) is 8.74. The average Bonchev–Trinajstić information content (AvgIpc) is 2.76. The molecule has 0 saturated carbocycles. The first-order valence-electron chi connectivity index (χ1n) is 9.60. The van der Waals surface area contributed by atoms with Gasteiger partial charge in [0, 0.05) is 12.5 Å². The molecule has 10 nitrogen and oxygen atoms in total. The molecule has 1 aliphatic heterocycles. The first kappa shape index (κ1) is 23.6. The molecule has 0 spiro atoms. The van der Waals surface area contributed by atoms with Gasteiger partial charge in [0.15, 0.2) is 0 Å². The van der Waals surface area contributed by atoms with Gasteiger partial charge in [0.25, 0.3) is 0 Å². The molecule has 3 amide bonds. The highest BCUT2D eigenvalue weighted by Gasteiger charge is 2.35. The molecular formula is C21H25N3O7. The van der Waals surface area contributed by atoms with E-state index in [1.165, 1.54) is 13.2 Å². The van der Waals surface area contributed by atoms with Gasteiger partial charge in [-0.3, -0.25) is 14.4 Å². The zero-order valence-corrected chi connectivity index (χ0v) is 17.3. The summed E-state index contributed by atoms with van der Waals surface area (Å²) < 4.78 is 9.10. The third-order valence-corrected chi connectivity index (χ3v) is 4.59. The normalized spacial score (nSPS) is 19.2.